The number of amides is 2. The van der Waals surface area contributed by atoms with Gasteiger partial charge in [-0.2, -0.15) is 0 Å². The summed E-state index contributed by atoms with van der Waals surface area (Å²) in [7, 11) is 0. The minimum Gasteiger partial charge on any atom is -0.388 e. The number of aliphatic hydroxyl groups is 1. The molecule has 0 aliphatic carbocycles. The number of nitrogens with one attached hydrogen (secondary N) is 2. The number of aliphatic hydroxyl groups excluding tert-OH is 1. The van der Waals surface area contributed by atoms with Crippen LogP contribution >= 0.6 is 0 Å². The Labute approximate surface area is 136 Å². The minimum atomic E-state index is -0.733. The fourth-order valence-electron chi connectivity index (χ4n) is 2.40. The first-order valence-corrected chi connectivity index (χ1v) is 7.94. The SMILES string of the molecule is CC(C)NC(=O)N[C@@H]1[C@@H](O)CO[C@@H]1Cn1cc(C(C)(C)C)nn1. The van der Waals surface area contributed by atoms with Crippen LogP contribution in [-0.2, 0) is 16.7 Å². The fourth-order valence-corrected chi connectivity index (χ4v) is 2.40. The molecular formula is C15H27N5O3. The number of carbonyl (C=O) groups is 1. The molecule has 0 spiro atoms. The van der Waals surface area contributed by atoms with Gasteiger partial charge in [-0.3, -0.25) is 0 Å². The van der Waals surface area contributed by atoms with E-state index in [4.69, 9.17) is 4.74 Å². The van der Waals surface area contributed by atoms with Crippen LogP contribution in [0.1, 0.15) is 40.3 Å². The number of carbonyl (C=O) groups excluding carboxylic acids is 1. The highest BCUT2D eigenvalue weighted by Crippen LogP contribution is 2.20. The summed E-state index contributed by atoms with van der Waals surface area (Å²) in [6, 6.07) is -0.762. The number of hydrogen-bond acceptors (Lipinski definition) is 5. The molecule has 8 nitrogen and oxygen atoms in total. The summed E-state index contributed by atoms with van der Waals surface area (Å²) in [5.41, 5.74) is 0.807. The van der Waals surface area contributed by atoms with E-state index in [2.05, 4.69) is 41.7 Å². The molecule has 130 valence electrons. The molecule has 8 heteroatoms. The molecule has 2 amide bonds. The number of ether oxygens (including phenoxy) is 1. The van der Waals surface area contributed by atoms with E-state index in [0.29, 0.717) is 6.54 Å². The van der Waals surface area contributed by atoms with Crippen LogP contribution in [0, 0.1) is 0 Å². The molecule has 0 unspecified atom stereocenters. The molecule has 2 rings (SSSR count). The van der Waals surface area contributed by atoms with Gasteiger partial charge in [0.15, 0.2) is 0 Å². The van der Waals surface area contributed by atoms with Gasteiger partial charge in [0.2, 0.25) is 0 Å². The molecule has 3 N–H and O–H groups in total. The zero-order chi connectivity index (χ0) is 17.2. The lowest BCUT2D eigenvalue weighted by molar-refractivity contribution is 0.0746. The van der Waals surface area contributed by atoms with Gasteiger partial charge in [-0.1, -0.05) is 26.0 Å². The van der Waals surface area contributed by atoms with Crippen LogP contribution in [0.25, 0.3) is 0 Å². The molecule has 1 fully saturated rings. The van der Waals surface area contributed by atoms with Gasteiger partial charge < -0.3 is 20.5 Å². The third-order valence-electron chi connectivity index (χ3n) is 3.69. The average Bonchev–Trinajstić information content (AvgIpc) is 2.99. The second-order valence-corrected chi connectivity index (χ2v) is 7.31. The number of nitrogens with zero attached hydrogens (tertiary/aromatic N) is 3. The Balaban J connectivity index is 2.00. The summed E-state index contributed by atoms with van der Waals surface area (Å²) >= 11 is 0. The maximum atomic E-state index is 11.9. The first-order valence-electron chi connectivity index (χ1n) is 7.94. The number of urea groups is 1. The van der Waals surface area contributed by atoms with Gasteiger partial charge in [-0.25, -0.2) is 9.48 Å². The van der Waals surface area contributed by atoms with Crippen molar-refractivity contribution >= 4 is 6.03 Å². The molecule has 0 aromatic carbocycles. The Hall–Kier alpha value is -1.67. The summed E-state index contributed by atoms with van der Waals surface area (Å²) in [5, 5.41) is 23.8. The van der Waals surface area contributed by atoms with Crippen LogP contribution in [0.4, 0.5) is 4.79 Å². The zero-order valence-corrected chi connectivity index (χ0v) is 14.4. The quantitative estimate of drug-likeness (QED) is 0.744. The second-order valence-electron chi connectivity index (χ2n) is 7.31. The number of hydrogen-bond donors (Lipinski definition) is 3. The lowest BCUT2D eigenvalue weighted by atomic mass is 9.93. The van der Waals surface area contributed by atoms with Crippen LogP contribution in [-0.4, -0.2) is 57.0 Å². The summed E-state index contributed by atoms with van der Waals surface area (Å²) < 4.78 is 7.29. The van der Waals surface area contributed by atoms with Gasteiger partial charge in [0.05, 0.1) is 24.9 Å². The van der Waals surface area contributed by atoms with Gasteiger partial charge in [0, 0.05) is 17.7 Å². The molecule has 3 atom stereocenters. The Bertz CT molecular complexity index is 537. The molecule has 1 saturated heterocycles. The number of aromatic nitrogens is 3. The van der Waals surface area contributed by atoms with Crippen LogP contribution in [0.3, 0.4) is 0 Å². The van der Waals surface area contributed by atoms with Crippen molar-refractivity contribution in [2.24, 2.45) is 0 Å². The predicted octanol–water partition coefficient (Wildman–Crippen LogP) is 0.412. The highest BCUT2D eigenvalue weighted by molar-refractivity contribution is 5.74. The lowest BCUT2D eigenvalue weighted by Gasteiger charge is -2.22. The van der Waals surface area contributed by atoms with E-state index in [-0.39, 0.29) is 30.2 Å². The smallest absolute Gasteiger partial charge is 0.315 e. The Morgan fingerprint density at radius 2 is 2.22 bits per heavy atom. The van der Waals surface area contributed by atoms with Crippen molar-refractivity contribution in [1.29, 1.82) is 0 Å². The van der Waals surface area contributed by atoms with Crippen LogP contribution in [0.15, 0.2) is 6.20 Å². The van der Waals surface area contributed by atoms with Crippen molar-refractivity contribution in [1.82, 2.24) is 25.6 Å². The van der Waals surface area contributed by atoms with Gasteiger partial charge in [0.1, 0.15) is 12.2 Å². The third kappa shape index (κ3) is 4.65. The fraction of sp³-hybridized carbons (Fsp3) is 0.800. The molecule has 0 radical (unpaired) electrons. The molecule has 1 aliphatic rings. The van der Waals surface area contributed by atoms with E-state index in [9.17, 15) is 9.90 Å². The first-order chi connectivity index (χ1) is 10.7. The van der Waals surface area contributed by atoms with Crippen molar-refractivity contribution in [3.05, 3.63) is 11.9 Å². The molecule has 23 heavy (non-hydrogen) atoms. The molecule has 1 aliphatic heterocycles. The lowest BCUT2D eigenvalue weighted by Crippen LogP contribution is -2.52. The summed E-state index contributed by atoms with van der Waals surface area (Å²) in [4.78, 5) is 11.9. The first kappa shape index (κ1) is 17.7. The standard InChI is InChI=1S/C15H27N5O3/c1-9(2)16-14(22)17-13-10(21)8-23-11(13)6-20-7-12(18-19-20)15(3,4)5/h7,9-11,13,21H,6,8H2,1-5H3,(H2,16,17,22)/t10-,11+,13+/m0/s1. The van der Waals surface area contributed by atoms with E-state index >= 15 is 0 Å². The largest absolute Gasteiger partial charge is 0.388 e. The van der Waals surface area contributed by atoms with Gasteiger partial charge in [-0.15, -0.1) is 5.10 Å². The molecule has 0 bridgehead atoms. The van der Waals surface area contributed by atoms with Gasteiger partial charge in [0.25, 0.3) is 0 Å². The maximum absolute atomic E-state index is 11.9. The molecule has 0 saturated carbocycles. The second kappa shape index (κ2) is 6.84. The van der Waals surface area contributed by atoms with Crippen LogP contribution in [0.5, 0.6) is 0 Å². The van der Waals surface area contributed by atoms with E-state index in [1.165, 1.54) is 0 Å². The highest BCUT2D eigenvalue weighted by Gasteiger charge is 2.38. The van der Waals surface area contributed by atoms with E-state index < -0.39 is 12.1 Å². The molecule has 1 aromatic rings. The van der Waals surface area contributed by atoms with Crippen LogP contribution in [0.2, 0.25) is 0 Å². The Morgan fingerprint density at radius 1 is 1.52 bits per heavy atom. The monoisotopic (exact) mass is 325 g/mol. The molecule has 1 aromatic heterocycles. The molecule has 2 heterocycles. The normalized spacial score (nSPS) is 24.9. The summed E-state index contributed by atoms with van der Waals surface area (Å²) in [5.74, 6) is 0. The van der Waals surface area contributed by atoms with Gasteiger partial charge >= 0.3 is 6.03 Å². The van der Waals surface area contributed by atoms with E-state index in [1.807, 2.05) is 20.0 Å². The van der Waals surface area contributed by atoms with Crippen molar-refractivity contribution in [3.8, 4) is 0 Å². The van der Waals surface area contributed by atoms with E-state index in [1.54, 1.807) is 4.68 Å². The van der Waals surface area contributed by atoms with Crippen molar-refractivity contribution in [2.75, 3.05) is 6.61 Å². The van der Waals surface area contributed by atoms with Crippen molar-refractivity contribution in [2.45, 2.75) is 70.9 Å². The third-order valence-corrected chi connectivity index (χ3v) is 3.69. The van der Waals surface area contributed by atoms with Crippen molar-refractivity contribution in [3.63, 3.8) is 0 Å². The Morgan fingerprint density at radius 3 is 2.78 bits per heavy atom. The van der Waals surface area contributed by atoms with Crippen LogP contribution < -0.4 is 10.6 Å². The maximum Gasteiger partial charge on any atom is 0.315 e. The predicted molar refractivity (Wildman–Crippen MR) is 85.1 cm³/mol. The van der Waals surface area contributed by atoms with Gasteiger partial charge in [-0.05, 0) is 13.8 Å². The Kier molecular flexibility index (Phi) is 5.26. The zero-order valence-electron chi connectivity index (χ0n) is 14.4. The average molecular weight is 325 g/mol. The number of rotatable bonds is 4. The topological polar surface area (TPSA) is 101 Å². The summed E-state index contributed by atoms with van der Waals surface area (Å²) in [6.45, 7) is 10.6. The van der Waals surface area contributed by atoms with Crippen molar-refractivity contribution < 1.29 is 14.6 Å². The van der Waals surface area contributed by atoms with E-state index in [0.717, 1.165) is 5.69 Å². The summed E-state index contributed by atoms with van der Waals surface area (Å²) in [6.07, 6.45) is 0.792. The molecular weight excluding hydrogens is 298 g/mol. The minimum absolute atomic E-state index is 0.0255. The highest BCUT2D eigenvalue weighted by atomic mass is 16.5.